The van der Waals surface area contributed by atoms with Crippen molar-refractivity contribution >= 4 is 5.91 Å². The number of piperidine rings is 2. The number of hydrogen-bond donors (Lipinski definition) is 1. The van der Waals surface area contributed by atoms with Crippen molar-refractivity contribution in [1.29, 1.82) is 5.26 Å². The lowest BCUT2D eigenvalue weighted by atomic mass is 9.85. The van der Waals surface area contributed by atoms with Crippen molar-refractivity contribution in [2.45, 2.75) is 38.3 Å². The summed E-state index contributed by atoms with van der Waals surface area (Å²) in [4.78, 5) is 13.4. The molecule has 3 atom stereocenters. The van der Waals surface area contributed by atoms with Crippen LogP contribution in [0.15, 0.2) is 0 Å². The average molecular weight is 207 g/mol. The van der Waals surface area contributed by atoms with E-state index in [1.807, 2.05) is 6.92 Å². The summed E-state index contributed by atoms with van der Waals surface area (Å²) in [6.45, 7) is 3.83. The maximum atomic E-state index is 11.2. The van der Waals surface area contributed by atoms with E-state index in [2.05, 4.69) is 16.3 Å². The third kappa shape index (κ3) is 2.13. The molecule has 2 aliphatic rings. The van der Waals surface area contributed by atoms with Gasteiger partial charge in [-0.1, -0.05) is 0 Å². The molecule has 0 aliphatic carbocycles. The second kappa shape index (κ2) is 4.19. The van der Waals surface area contributed by atoms with Gasteiger partial charge in [-0.05, 0) is 25.7 Å². The molecule has 2 fully saturated rings. The van der Waals surface area contributed by atoms with Gasteiger partial charge in [-0.2, -0.15) is 5.26 Å². The smallest absolute Gasteiger partial charge is 0.220 e. The second-order valence-electron chi connectivity index (χ2n) is 4.56. The molecule has 0 aromatic heterocycles. The van der Waals surface area contributed by atoms with Gasteiger partial charge in [0, 0.05) is 25.6 Å². The summed E-state index contributed by atoms with van der Waals surface area (Å²) in [6, 6.07) is 2.64. The Morgan fingerprint density at radius 1 is 1.60 bits per heavy atom. The van der Waals surface area contributed by atoms with Gasteiger partial charge >= 0.3 is 0 Å². The van der Waals surface area contributed by atoms with Crippen LogP contribution in [0.5, 0.6) is 0 Å². The molecular weight excluding hydrogens is 190 g/mol. The molecule has 0 aromatic rings. The molecule has 0 radical (unpaired) electrons. The first-order valence-electron chi connectivity index (χ1n) is 5.63. The fourth-order valence-corrected chi connectivity index (χ4v) is 2.57. The van der Waals surface area contributed by atoms with Crippen LogP contribution in [-0.2, 0) is 4.79 Å². The predicted octanol–water partition coefficient (Wildman–Crippen LogP) is 0.499. The van der Waals surface area contributed by atoms with Gasteiger partial charge in [0.15, 0.2) is 0 Å². The van der Waals surface area contributed by atoms with E-state index in [0.717, 1.165) is 25.9 Å². The van der Waals surface area contributed by atoms with Crippen LogP contribution in [-0.4, -0.2) is 36.0 Å². The van der Waals surface area contributed by atoms with E-state index in [4.69, 9.17) is 5.26 Å². The van der Waals surface area contributed by atoms with Crippen LogP contribution in [0.4, 0.5) is 0 Å². The Morgan fingerprint density at radius 2 is 2.40 bits per heavy atom. The molecule has 2 saturated heterocycles. The molecule has 15 heavy (non-hydrogen) atoms. The van der Waals surface area contributed by atoms with E-state index in [1.54, 1.807) is 0 Å². The summed E-state index contributed by atoms with van der Waals surface area (Å²) in [5.74, 6) is 0.741. The van der Waals surface area contributed by atoms with Gasteiger partial charge in [0.1, 0.15) is 0 Å². The first kappa shape index (κ1) is 10.4. The van der Waals surface area contributed by atoms with Gasteiger partial charge < -0.3 is 5.32 Å². The molecule has 2 aliphatic heterocycles. The first-order valence-corrected chi connectivity index (χ1v) is 5.63. The van der Waals surface area contributed by atoms with Crippen LogP contribution >= 0.6 is 0 Å². The van der Waals surface area contributed by atoms with E-state index in [9.17, 15) is 4.79 Å². The molecule has 0 spiro atoms. The Labute approximate surface area is 90.2 Å². The fraction of sp³-hybridized carbons (Fsp3) is 0.818. The summed E-state index contributed by atoms with van der Waals surface area (Å²) in [7, 11) is 0. The Kier molecular flexibility index (Phi) is 2.92. The molecule has 4 nitrogen and oxygen atoms in total. The monoisotopic (exact) mass is 207 g/mol. The van der Waals surface area contributed by atoms with Crippen LogP contribution in [0.25, 0.3) is 0 Å². The molecule has 3 unspecified atom stereocenters. The minimum Gasteiger partial charge on any atom is -0.353 e. The molecule has 1 N–H and O–H groups in total. The zero-order chi connectivity index (χ0) is 10.8. The summed E-state index contributed by atoms with van der Waals surface area (Å²) >= 11 is 0. The summed E-state index contributed by atoms with van der Waals surface area (Å²) < 4.78 is 0. The highest BCUT2D eigenvalue weighted by Crippen LogP contribution is 2.26. The number of fused-ring (bicyclic) bond motifs is 1. The third-order valence-electron chi connectivity index (χ3n) is 3.59. The molecule has 2 rings (SSSR count). The van der Waals surface area contributed by atoms with Crippen molar-refractivity contribution in [3.05, 3.63) is 0 Å². The summed E-state index contributed by atoms with van der Waals surface area (Å²) in [5.41, 5.74) is 0. The standard InChI is InChI=1S/C11H17N3O/c1-8(6-12)14-5-4-10-9(7-14)2-3-11(15)13-10/h8-10H,2-5,7H2,1H3,(H,13,15). The number of hydrogen-bond acceptors (Lipinski definition) is 3. The Bertz CT molecular complexity index is 297. The van der Waals surface area contributed by atoms with E-state index >= 15 is 0 Å². The van der Waals surface area contributed by atoms with Crippen LogP contribution < -0.4 is 5.32 Å². The average Bonchev–Trinajstić information content (AvgIpc) is 2.27. The normalized spacial score (nSPS) is 33.7. The Morgan fingerprint density at radius 3 is 3.13 bits per heavy atom. The highest BCUT2D eigenvalue weighted by molar-refractivity contribution is 5.77. The number of rotatable bonds is 1. The van der Waals surface area contributed by atoms with Crippen molar-refractivity contribution < 1.29 is 4.79 Å². The molecule has 0 bridgehead atoms. The van der Waals surface area contributed by atoms with Gasteiger partial charge in [-0.3, -0.25) is 9.69 Å². The van der Waals surface area contributed by atoms with Gasteiger partial charge in [0.25, 0.3) is 0 Å². The number of nitrogens with one attached hydrogen (secondary N) is 1. The van der Waals surface area contributed by atoms with E-state index in [0.29, 0.717) is 18.4 Å². The van der Waals surface area contributed by atoms with E-state index in [-0.39, 0.29) is 11.9 Å². The topological polar surface area (TPSA) is 56.1 Å². The predicted molar refractivity (Wildman–Crippen MR) is 55.9 cm³/mol. The number of nitriles is 1. The van der Waals surface area contributed by atoms with E-state index < -0.39 is 0 Å². The fourth-order valence-electron chi connectivity index (χ4n) is 2.57. The van der Waals surface area contributed by atoms with Gasteiger partial charge in [0.05, 0.1) is 12.1 Å². The van der Waals surface area contributed by atoms with Crippen molar-refractivity contribution in [3.8, 4) is 6.07 Å². The van der Waals surface area contributed by atoms with Crippen LogP contribution in [0.2, 0.25) is 0 Å². The SMILES string of the molecule is CC(C#N)N1CCC2NC(=O)CCC2C1. The Hall–Kier alpha value is -1.08. The highest BCUT2D eigenvalue weighted by Gasteiger charge is 2.34. The number of nitrogens with zero attached hydrogens (tertiary/aromatic N) is 2. The molecular formula is C11H17N3O. The summed E-state index contributed by atoms with van der Waals surface area (Å²) in [6.07, 6.45) is 2.61. The Balaban J connectivity index is 1.95. The van der Waals surface area contributed by atoms with Crippen molar-refractivity contribution in [2.75, 3.05) is 13.1 Å². The maximum Gasteiger partial charge on any atom is 0.220 e. The number of carbonyl (C=O) groups is 1. The minimum atomic E-state index is 0.00331. The molecule has 0 saturated carbocycles. The molecule has 4 heteroatoms. The van der Waals surface area contributed by atoms with Crippen LogP contribution in [0.3, 0.4) is 0 Å². The lowest BCUT2D eigenvalue weighted by molar-refractivity contribution is -0.125. The maximum absolute atomic E-state index is 11.2. The molecule has 0 aromatic carbocycles. The quantitative estimate of drug-likeness (QED) is 0.681. The zero-order valence-corrected chi connectivity index (χ0v) is 9.07. The minimum absolute atomic E-state index is 0.00331. The third-order valence-corrected chi connectivity index (χ3v) is 3.59. The van der Waals surface area contributed by atoms with E-state index in [1.165, 1.54) is 0 Å². The lowest BCUT2D eigenvalue weighted by Gasteiger charge is -2.42. The zero-order valence-electron chi connectivity index (χ0n) is 9.07. The lowest BCUT2D eigenvalue weighted by Crippen LogP contribution is -2.55. The molecule has 1 amide bonds. The highest BCUT2D eigenvalue weighted by atomic mass is 16.1. The van der Waals surface area contributed by atoms with Gasteiger partial charge in [0.2, 0.25) is 5.91 Å². The van der Waals surface area contributed by atoms with Crippen molar-refractivity contribution in [3.63, 3.8) is 0 Å². The van der Waals surface area contributed by atoms with Gasteiger partial charge in [-0.15, -0.1) is 0 Å². The molecule has 82 valence electrons. The summed E-state index contributed by atoms with van der Waals surface area (Å²) in [5, 5.41) is 11.9. The van der Waals surface area contributed by atoms with Crippen molar-refractivity contribution in [1.82, 2.24) is 10.2 Å². The number of carbonyl (C=O) groups excluding carboxylic acids is 1. The van der Waals surface area contributed by atoms with Crippen LogP contribution in [0.1, 0.15) is 26.2 Å². The number of likely N-dealkylation sites (tertiary alicyclic amines) is 1. The van der Waals surface area contributed by atoms with Crippen LogP contribution in [0, 0.1) is 17.2 Å². The second-order valence-corrected chi connectivity index (χ2v) is 4.56. The van der Waals surface area contributed by atoms with Gasteiger partial charge in [-0.25, -0.2) is 0 Å². The molecule has 2 heterocycles. The number of amides is 1. The first-order chi connectivity index (χ1) is 7.20. The largest absolute Gasteiger partial charge is 0.353 e. The van der Waals surface area contributed by atoms with Crippen molar-refractivity contribution in [2.24, 2.45) is 5.92 Å².